The molecule has 1 aromatic rings. The zero-order valence-corrected chi connectivity index (χ0v) is 15.9. The Kier molecular flexibility index (Phi) is 6.88. The second-order valence-corrected chi connectivity index (χ2v) is 9.27. The van der Waals surface area contributed by atoms with Crippen molar-refractivity contribution >= 4 is 13.4 Å². The first-order valence-electron chi connectivity index (χ1n) is 8.74. The van der Waals surface area contributed by atoms with Crippen molar-refractivity contribution in [2.75, 3.05) is 39.1 Å². The molecule has 134 valence electrons. The summed E-state index contributed by atoms with van der Waals surface area (Å²) in [6, 6.07) is 8.40. The molecule has 0 radical (unpaired) electrons. The van der Waals surface area contributed by atoms with Gasteiger partial charge in [0.15, 0.2) is 7.37 Å². The fourth-order valence-corrected chi connectivity index (χ4v) is 4.62. The van der Waals surface area contributed by atoms with Gasteiger partial charge in [-0.1, -0.05) is 31.2 Å². The van der Waals surface area contributed by atoms with Crippen LogP contribution < -0.4 is 5.32 Å². The number of benzene rings is 1. The molecule has 2 amide bonds. The van der Waals surface area contributed by atoms with E-state index in [0.29, 0.717) is 31.7 Å². The molecule has 0 fully saturated rings. The van der Waals surface area contributed by atoms with Gasteiger partial charge in [-0.2, -0.15) is 0 Å². The zero-order valence-electron chi connectivity index (χ0n) is 15.0. The molecule has 2 unspecified atom stereocenters. The van der Waals surface area contributed by atoms with E-state index < -0.39 is 7.37 Å². The number of nitrogens with zero attached hydrogens (tertiary/aromatic N) is 1. The van der Waals surface area contributed by atoms with Crippen LogP contribution in [0.4, 0.5) is 4.79 Å². The summed E-state index contributed by atoms with van der Waals surface area (Å²) in [6.07, 6.45) is 2.06. The van der Waals surface area contributed by atoms with Crippen LogP contribution in [0.5, 0.6) is 0 Å². The van der Waals surface area contributed by atoms with Crippen molar-refractivity contribution < 1.29 is 13.9 Å². The first-order chi connectivity index (χ1) is 11.4. The van der Waals surface area contributed by atoms with Gasteiger partial charge in [0, 0.05) is 32.5 Å². The van der Waals surface area contributed by atoms with Gasteiger partial charge in [0.2, 0.25) is 0 Å². The van der Waals surface area contributed by atoms with Crippen LogP contribution in [0.15, 0.2) is 24.3 Å². The number of amides is 2. The van der Waals surface area contributed by atoms with Gasteiger partial charge in [-0.3, -0.25) is 4.57 Å². The average molecular weight is 352 g/mol. The van der Waals surface area contributed by atoms with E-state index in [9.17, 15) is 9.36 Å². The van der Waals surface area contributed by atoms with Crippen LogP contribution in [0.3, 0.4) is 0 Å². The van der Waals surface area contributed by atoms with Gasteiger partial charge in [0.25, 0.3) is 0 Å². The lowest BCUT2D eigenvalue weighted by Gasteiger charge is -2.23. The van der Waals surface area contributed by atoms with E-state index in [1.807, 2.05) is 11.8 Å². The van der Waals surface area contributed by atoms with Gasteiger partial charge in [-0.15, -0.1) is 0 Å². The first-order valence-corrected chi connectivity index (χ1v) is 11.0. The monoisotopic (exact) mass is 352 g/mol. The summed E-state index contributed by atoms with van der Waals surface area (Å²) >= 11 is 0. The first kappa shape index (κ1) is 19.0. The second-order valence-electron chi connectivity index (χ2n) is 6.54. The van der Waals surface area contributed by atoms with Gasteiger partial charge in [-0.05, 0) is 36.8 Å². The van der Waals surface area contributed by atoms with E-state index in [0.717, 1.165) is 19.5 Å². The smallest absolute Gasteiger partial charge is 0.317 e. The largest absolute Gasteiger partial charge is 0.338 e. The predicted octanol–water partition coefficient (Wildman–Crippen LogP) is 3.69. The number of fused-ring (bicyclic) bond motifs is 1. The minimum absolute atomic E-state index is 0.0306. The minimum atomic E-state index is -2.51. The topological polar surface area (TPSA) is 58.6 Å². The molecule has 0 saturated carbocycles. The van der Waals surface area contributed by atoms with E-state index in [1.54, 1.807) is 6.66 Å². The fraction of sp³-hybridized carbons (Fsp3) is 0.611. The summed E-state index contributed by atoms with van der Waals surface area (Å²) in [6.45, 7) is 8.13. The number of carbonyl (C=O) groups excluding carboxylic acids is 1. The van der Waals surface area contributed by atoms with E-state index >= 15 is 0 Å². The Hall–Kier alpha value is -1.32. The Morgan fingerprint density at radius 3 is 2.92 bits per heavy atom. The molecule has 2 rings (SSSR count). The van der Waals surface area contributed by atoms with Crippen LogP contribution in [0.2, 0.25) is 0 Å². The van der Waals surface area contributed by atoms with Crippen LogP contribution >= 0.6 is 7.37 Å². The molecular formula is C18H29N2O3P. The third kappa shape index (κ3) is 5.35. The highest BCUT2D eigenvalue weighted by Gasteiger charge is 2.23. The SMILES string of the molecule is CCOP(C)(=O)CCCNC(=O)N1CCc2ccccc2C(C)C1. The molecule has 0 aliphatic carbocycles. The Labute approximate surface area is 145 Å². The molecule has 1 aromatic carbocycles. The van der Waals surface area contributed by atoms with Crippen molar-refractivity contribution in [2.45, 2.75) is 32.6 Å². The van der Waals surface area contributed by atoms with E-state index in [-0.39, 0.29) is 6.03 Å². The van der Waals surface area contributed by atoms with Crippen molar-refractivity contribution in [1.82, 2.24) is 10.2 Å². The maximum absolute atomic E-state index is 12.4. The molecule has 1 aliphatic rings. The molecule has 5 nitrogen and oxygen atoms in total. The van der Waals surface area contributed by atoms with Crippen LogP contribution in [0.1, 0.15) is 37.3 Å². The lowest BCUT2D eigenvalue weighted by Crippen LogP contribution is -2.42. The second kappa shape index (κ2) is 8.68. The standard InChI is InChI=1S/C18H29N2O3P/c1-4-23-24(3,22)13-7-11-19-18(21)20-12-10-16-8-5-6-9-17(16)15(2)14-20/h5-6,8-9,15H,4,7,10-14H2,1-3H3,(H,19,21). The average Bonchev–Trinajstić information content (AvgIpc) is 2.71. The summed E-state index contributed by atoms with van der Waals surface area (Å²) in [4.78, 5) is 14.3. The number of carbonyl (C=O) groups is 1. The lowest BCUT2D eigenvalue weighted by atomic mass is 9.96. The highest BCUT2D eigenvalue weighted by atomic mass is 31.2. The lowest BCUT2D eigenvalue weighted by molar-refractivity contribution is 0.197. The normalized spacial score (nSPS) is 20.0. The van der Waals surface area contributed by atoms with E-state index in [4.69, 9.17) is 4.52 Å². The molecule has 0 bridgehead atoms. The molecule has 0 aromatic heterocycles. The summed E-state index contributed by atoms with van der Waals surface area (Å²) in [5.74, 6) is 0.336. The number of rotatable bonds is 6. The highest BCUT2D eigenvalue weighted by Crippen LogP contribution is 2.42. The maximum atomic E-state index is 12.4. The molecule has 0 spiro atoms. The summed E-state index contributed by atoms with van der Waals surface area (Å²) in [7, 11) is -2.51. The Morgan fingerprint density at radius 1 is 1.42 bits per heavy atom. The van der Waals surface area contributed by atoms with Crippen molar-refractivity contribution in [2.24, 2.45) is 0 Å². The molecule has 2 atom stereocenters. The zero-order chi connectivity index (χ0) is 17.6. The Morgan fingerprint density at radius 2 is 2.17 bits per heavy atom. The Bertz CT molecular complexity index is 606. The van der Waals surface area contributed by atoms with Crippen LogP contribution in [-0.4, -0.2) is 50.0 Å². The quantitative estimate of drug-likeness (QED) is 0.627. The highest BCUT2D eigenvalue weighted by molar-refractivity contribution is 7.58. The summed E-state index contributed by atoms with van der Waals surface area (Å²) < 4.78 is 17.3. The van der Waals surface area contributed by atoms with Crippen molar-refractivity contribution in [1.29, 1.82) is 0 Å². The molecule has 1 N–H and O–H groups in total. The summed E-state index contributed by atoms with van der Waals surface area (Å²) in [5.41, 5.74) is 2.68. The van der Waals surface area contributed by atoms with Gasteiger partial charge < -0.3 is 14.7 Å². The van der Waals surface area contributed by atoms with E-state index in [1.165, 1.54) is 11.1 Å². The van der Waals surface area contributed by atoms with E-state index in [2.05, 4.69) is 36.5 Å². The third-order valence-electron chi connectivity index (χ3n) is 4.44. The molecule has 24 heavy (non-hydrogen) atoms. The molecule has 1 heterocycles. The molecule has 6 heteroatoms. The molecular weight excluding hydrogens is 323 g/mol. The molecule has 0 saturated heterocycles. The van der Waals surface area contributed by atoms with Gasteiger partial charge >= 0.3 is 6.03 Å². The third-order valence-corrected chi connectivity index (χ3v) is 6.37. The summed E-state index contributed by atoms with van der Waals surface area (Å²) in [5, 5.41) is 2.95. The minimum Gasteiger partial charge on any atom is -0.338 e. The number of urea groups is 1. The number of hydrogen-bond donors (Lipinski definition) is 1. The number of nitrogens with one attached hydrogen (secondary N) is 1. The van der Waals surface area contributed by atoms with Gasteiger partial charge in [0.1, 0.15) is 0 Å². The fourth-order valence-electron chi connectivity index (χ4n) is 3.21. The van der Waals surface area contributed by atoms with Crippen LogP contribution in [0.25, 0.3) is 0 Å². The van der Waals surface area contributed by atoms with Gasteiger partial charge in [0.05, 0.1) is 6.61 Å². The predicted molar refractivity (Wildman–Crippen MR) is 98.2 cm³/mol. The van der Waals surface area contributed by atoms with Crippen LogP contribution in [-0.2, 0) is 15.5 Å². The van der Waals surface area contributed by atoms with Crippen molar-refractivity contribution in [3.63, 3.8) is 0 Å². The van der Waals surface area contributed by atoms with Crippen molar-refractivity contribution in [3.8, 4) is 0 Å². The Balaban J connectivity index is 1.81. The van der Waals surface area contributed by atoms with Crippen molar-refractivity contribution in [3.05, 3.63) is 35.4 Å². The van der Waals surface area contributed by atoms with Gasteiger partial charge in [-0.25, -0.2) is 4.79 Å². The molecule has 1 aliphatic heterocycles. The van der Waals surface area contributed by atoms with Crippen LogP contribution in [0, 0.1) is 0 Å². The maximum Gasteiger partial charge on any atom is 0.317 e. The number of hydrogen-bond acceptors (Lipinski definition) is 3.